The largest absolute Gasteiger partial charge is 0.474 e. The van der Waals surface area contributed by atoms with Gasteiger partial charge in [0.1, 0.15) is 11.6 Å². The van der Waals surface area contributed by atoms with Crippen molar-refractivity contribution in [1.82, 2.24) is 19.9 Å². The molecule has 0 spiro atoms. The minimum Gasteiger partial charge on any atom is -0.474 e. The number of pyridine rings is 1. The van der Waals surface area contributed by atoms with Crippen LogP contribution >= 0.6 is 23.1 Å². The van der Waals surface area contributed by atoms with Crippen LogP contribution in [0.25, 0.3) is 11.3 Å². The molecule has 4 rings (SSSR count). The highest BCUT2D eigenvalue weighted by Gasteiger charge is 2.14. The lowest BCUT2D eigenvalue weighted by Gasteiger charge is -2.11. The smallest absolute Gasteiger partial charge is 0.257 e. The predicted molar refractivity (Wildman–Crippen MR) is 133 cm³/mol. The molecule has 0 saturated carbocycles. The van der Waals surface area contributed by atoms with E-state index in [0.717, 1.165) is 33.5 Å². The van der Waals surface area contributed by atoms with Crippen molar-refractivity contribution >= 4 is 34.1 Å². The zero-order valence-electron chi connectivity index (χ0n) is 25.0. The van der Waals surface area contributed by atoms with E-state index in [2.05, 4.69) is 30.0 Å². The lowest BCUT2D eigenvalue weighted by molar-refractivity contribution is 0.102. The average Bonchev–Trinajstić information content (AvgIpc) is 3.31. The molecular formula is C24H23N5O3S2. The number of methoxy groups -OCH3 is 1. The predicted octanol–water partition coefficient (Wildman–Crippen LogP) is 5.04. The number of anilines is 1. The Balaban J connectivity index is 1.44. The van der Waals surface area contributed by atoms with Crippen molar-refractivity contribution in [3.05, 3.63) is 71.1 Å². The van der Waals surface area contributed by atoms with E-state index in [9.17, 15) is 4.79 Å². The van der Waals surface area contributed by atoms with Gasteiger partial charge in [0, 0.05) is 40.8 Å². The fraction of sp³-hybridized carbons (Fsp3) is 0.208. The molecule has 174 valence electrons. The minimum atomic E-state index is -3.28. The Kier molecular flexibility index (Phi) is 5.37. The SMILES string of the molecule is [2H]C([2H])([2H])OC([2H])([2H])C([2H])([2H])Oc1cnc(Sc2cc(C)c(-c3csc(NC(=O)c4ccncc4)n3)c(C)c2)cn1. The summed E-state index contributed by atoms with van der Waals surface area (Å²) in [6.07, 6.45) is 5.53. The van der Waals surface area contributed by atoms with E-state index in [4.69, 9.17) is 14.3 Å². The number of nitrogens with one attached hydrogen (secondary N) is 1. The van der Waals surface area contributed by atoms with Crippen molar-refractivity contribution in [3.63, 3.8) is 0 Å². The number of hydrogen-bond acceptors (Lipinski definition) is 9. The molecule has 0 aliphatic carbocycles. The molecule has 0 atom stereocenters. The normalized spacial score (nSPS) is 15.1. The van der Waals surface area contributed by atoms with Gasteiger partial charge in [-0.25, -0.2) is 15.0 Å². The third-order valence-electron chi connectivity index (χ3n) is 4.50. The molecule has 0 aliphatic rings. The molecule has 1 N–H and O–H groups in total. The van der Waals surface area contributed by atoms with E-state index in [1.807, 2.05) is 31.4 Å². The number of thiazole rings is 1. The van der Waals surface area contributed by atoms with E-state index in [-0.39, 0.29) is 11.8 Å². The lowest BCUT2D eigenvalue weighted by atomic mass is 10.0. The summed E-state index contributed by atoms with van der Waals surface area (Å²) in [6.45, 7) is -2.55. The second-order valence-corrected chi connectivity index (χ2v) is 8.82. The van der Waals surface area contributed by atoms with Crippen LogP contribution in [0.15, 0.2) is 64.4 Å². The number of aromatic nitrogens is 4. The first-order valence-electron chi connectivity index (χ1n) is 13.3. The highest BCUT2D eigenvalue weighted by Crippen LogP contribution is 2.35. The van der Waals surface area contributed by atoms with Crippen LogP contribution in [-0.4, -0.2) is 46.0 Å². The standard InChI is InChI=1S/C24H23N5O3S2/c1-15-10-18(34-21-13-26-20(12-27-21)32-9-8-31-3)11-16(2)22(15)19-14-33-24(28-19)29-23(30)17-4-6-25-7-5-17/h4-7,10-14H,8-9H2,1-3H3,(H,28,29,30)/i3D3,8D2,9D2. The lowest BCUT2D eigenvalue weighted by Crippen LogP contribution is -2.11. The summed E-state index contributed by atoms with van der Waals surface area (Å²) in [5.74, 6) is -0.625. The third kappa shape index (κ3) is 5.96. The van der Waals surface area contributed by atoms with Gasteiger partial charge in [0.15, 0.2) is 5.13 Å². The zero-order valence-corrected chi connectivity index (χ0v) is 19.7. The Morgan fingerprint density at radius 2 is 1.97 bits per heavy atom. The Labute approximate surface area is 215 Å². The maximum atomic E-state index is 12.4. The molecule has 3 heterocycles. The van der Waals surface area contributed by atoms with Gasteiger partial charge < -0.3 is 9.47 Å². The molecule has 1 aromatic carbocycles. The molecule has 34 heavy (non-hydrogen) atoms. The molecule has 0 saturated heterocycles. The summed E-state index contributed by atoms with van der Waals surface area (Å²) in [7, 11) is -3.17. The van der Waals surface area contributed by atoms with Crippen LogP contribution in [0, 0.1) is 13.8 Å². The van der Waals surface area contributed by atoms with Crippen molar-refractivity contribution in [2.75, 3.05) is 25.5 Å². The number of ether oxygens (including phenoxy) is 2. The molecule has 1 amide bonds. The first-order valence-corrected chi connectivity index (χ1v) is 11.5. The Morgan fingerprint density at radius 1 is 1.18 bits per heavy atom. The zero-order chi connectivity index (χ0) is 30.0. The molecule has 3 aromatic heterocycles. The molecule has 4 aromatic rings. The van der Waals surface area contributed by atoms with Crippen LogP contribution in [-0.2, 0) is 4.74 Å². The van der Waals surface area contributed by atoms with Gasteiger partial charge in [0.05, 0.1) is 34.2 Å². The summed E-state index contributed by atoms with van der Waals surface area (Å²) in [5, 5.41) is 5.61. The molecule has 8 nitrogen and oxygen atoms in total. The molecule has 0 fully saturated rings. The quantitative estimate of drug-likeness (QED) is 0.341. The summed E-state index contributed by atoms with van der Waals surface area (Å²) in [5.41, 5.74) is 4.03. The van der Waals surface area contributed by atoms with E-state index < -0.39 is 20.2 Å². The Hall–Kier alpha value is -3.34. The highest BCUT2D eigenvalue weighted by atomic mass is 32.2. The fourth-order valence-electron chi connectivity index (χ4n) is 3.13. The van der Waals surface area contributed by atoms with Crippen molar-refractivity contribution in [2.45, 2.75) is 23.8 Å². The van der Waals surface area contributed by atoms with E-state index >= 15 is 0 Å². The van der Waals surface area contributed by atoms with E-state index in [0.29, 0.717) is 15.7 Å². The van der Waals surface area contributed by atoms with Gasteiger partial charge in [-0.05, 0) is 49.2 Å². The van der Waals surface area contributed by atoms with Gasteiger partial charge in [-0.1, -0.05) is 11.8 Å². The number of benzene rings is 1. The molecule has 0 unspecified atom stereocenters. The fourth-order valence-corrected chi connectivity index (χ4v) is 4.75. The Bertz CT molecular complexity index is 1510. The number of hydrogen-bond donors (Lipinski definition) is 1. The first kappa shape index (κ1) is 16.3. The van der Waals surface area contributed by atoms with Crippen LogP contribution < -0.4 is 10.1 Å². The van der Waals surface area contributed by atoms with Gasteiger partial charge in [-0.3, -0.25) is 15.1 Å². The molecular weight excluding hydrogens is 470 g/mol. The van der Waals surface area contributed by atoms with Crippen molar-refractivity contribution in [2.24, 2.45) is 0 Å². The van der Waals surface area contributed by atoms with Crippen molar-refractivity contribution < 1.29 is 23.9 Å². The number of carbonyl (C=O) groups is 1. The van der Waals surface area contributed by atoms with Gasteiger partial charge in [0.25, 0.3) is 5.91 Å². The number of rotatable bonds is 9. The minimum absolute atomic E-state index is 0.273. The van der Waals surface area contributed by atoms with Crippen LogP contribution in [0.3, 0.4) is 0 Å². The summed E-state index contributed by atoms with van der Waals surface area (Å²) >= 11 is 2.62. The third-order valence-corrected chi connectivity index (χ3v) is 6.15. The number of amides is 1. The average molecular weight is 501 g/mol. The van der Waals surface area contributed by atoms with Crippen LogP contribution in [0.1, 0.15) is 31.1 Å². The van der Waals surface area contributed by atoms with Gasteiger partial charge in [-0.2, -0.15) is 0 Å². The van der Waals surface area contributed by atoms with Crippen LogP contribution in [0.4, 0.5) is 5.13 Å². The van der Waals surface area contributed by atoms with Crippen molar-refractivity contribution in [3.8, 4) is 17.1 Å². The molecule has 0 aliphatic heterocycles. The maximum absolute atomic E-state index is 12.4. The summed E-state index contributed by atoms with van der Waals surface area (Å²) in [4.78, 5) is 30.0. The second kappa shape index (κ2) is 11.2. The number of aryl methyl sites for hydroxylation is 2. The molecule has 10 heteroatoms. The highest BCUT2D eigenvalue weighted by molar-refractivity contribution is 7.99. The number of nitrogens with zero attached hydrogens (tertiary/aromatic N) is 4. The summed E-state index contributed by atoms with van der Waals surface area (Å²) in [6, 6.07) is 7.14. The molecule has 0 bridgehead atoms. The van der Waals surface area contributed by atoms with Crippen LogP contribution in [0.2, 0.25) is 0 Å². The number of carbonyl (C=O) groups excluding carboxylic acids is 1. The van der Waals surface area contributed by atoms with E-state index in [1.165, 1.54) is 29.3 Å². The summed E-state index contributed by atoms with van der Waals surface area (Å²) < 4.78 is 61.1. The molecule has 0 radical (unpaired) electrons. The van der Waals surface area contributed by atoms with Gasteiger partial charge in [0.2, 0.25) is 5.88 Å². The van der Waals surface area contributed by atoms with Crippen LogP contribution in [0.5, 0.6) is 5.88 Å². The first-order chi connectivity index (χ1) is 19.1. The second-order valence-electron chi connectivity index (χ2n) is 6.86. The van der Waals surface area contributed by atoms with E-state index in [1.54, 1.807) is 24.5 Å². The van der Waals surface area contributed by atoms with Gasteiger partial charge >= 0.3 is 0 Å². The van der Waals surface area contributed by atoms with Gasteiger partial charge in [-0.15, -0.1) is 11.3 Å². The maximum Gasteiger partial charge on any atom is 0.257 e. The van der Waals surface area contributed by atoms with Crippen molar-refractivity contribution in [1.29, 1.82) is 0 Å². The topological polar surface area (TPSA) is 99.1 Å². The monoisotopic (exact) mass is 500 g/mol. The Morgan fingerprint density at radius 3 is 2.68 bits per heavy atom.